The number of nitriles is 1. The van der Waals surface area contributed by atoms with E-state index < -0.39 is 5.41 Å². The number of nitrogens with two attached hydrogens (primary N) is 1. The van der Waals surface area contributed by atoms with Crippen LogP contribution in [0.2, 0.25) is 5.02 Å². The van der Waals surface area contributed by atoms with Gasteiger partial charge in [0, 0.05) is 50.7 Å². The van der Waals surface area contributed by atoms with Crippen LogP contribution < -0.4 is 16.4 Å². The maximum absolute atomic E-state index is 9.69. The van der Waals surface area contributed by atoms with Gasteiger partial charge >= 0.3 is 0 Å². The Hall–Kier alpha value is -2.44. The van der Waals surface area contributed by atoms with Crippen molar-refractivity contribution in [3.05, 3.63) is 35.5 Å². The maximum atomic E-state index is 9.69. The van der Waals surface area contributed by atoms with Gasteiger partial charge in [-0.2, -0.15) is 5.26 Å². The molecule has 0 radical (unpaired) electrons. The Morgan fingerprint density at radius 1 is 1.30 bits per heavy atom. The maximum Gasteiger partial charge on any atom is 0.126 e. The van der Waals surface area contributed by atoms with E-state index in [1.54, 1.807) is 13.3 Å². The molecule has 3 atom stereocenters. The van der Waals surface area contributed by atoms with E-state index in [1.807, 2.05) is 24.3 Å². The SMILES string of the molecule is CO[C@@H]1C[C@@H](Nc2cc(-c3cccc(NCC4(C#N)CCOCC4)n3)c(Cl)cn2)CC[C@@H]1N. The highest BCUT2D eigenvalue weighted by atomic mass is 35.5. The quantitative estimate of drug-likeness (QED) is 0.558. The van der Waals surface area contributed by atoms with Crippen molar-refractivity contribution in [1.82, 2.24) is 9.97 Å². The summed E-state index contributed by atoms with van der Waals surface area (Å²) < 4.78 is 10.9. The van der Waals surface area contributed by atoms with Crippen LogP contribution in [-0.4, -0.2) is 55.0 Å². The summed E-state index contributed by atoms with van der Waals surface area (Å²) in [4.78, 5) is 9.21. The Kier molecular flexibility index (Phi) is 7.66. The smallest absolute Gasteiger partial charge is 0.126 e. The Morgan fingerprint density at radius 3 is 2.88 bits per heavy atom. The van der Waals surface area contributed by atoms with Crippen molar-refractivity contribution >= 4 is 23.2 Å². The number of rotatable bonds is 7. The second-order valence-corrected chi connectivity index (χ2v) is 9.32. The van der Waals surface area contributed by atoms with Gasteiger partial charge in [-0.1, -0.05) is 17.7 Å². The summed E-state index contributed by atoms with van der Waals surface area (Å²) in [5.74, 6) is 1.45. The van der Waals surface area contributed by atoms with Crippen molar-refractivity contribution in [1.29, 1.82) is 5.26 Å². The van der Waals surface area contributed by atoms with Crippen LogP contribution in [0, 0.1) is 16.7 Å². The Labute approximate surface area is 199 Å². The van der Waals surface area contributed by atoms with Crippen LogP contribution in [0.3, 0.4) is 0 Å². The highest BCUT2D eigenvalue weighted by Crippen LogP contribution is 2.32. The van der Waals surface area contributed by atoms with Gasteiger partial charge in [0.15, 0.2) is 0 Å². The third kappa shape index (κ3) is 5.74. The summed E-state index contributed by atoms with van der Waals surface area (Å²) >= 11 is 6.49. The van der Waals surface area contributed by atoms with Crippen molar-refractivity contribution in [3.63, 3.8) is 0 Å². The van der Waals surface area contributed by atoms with E-state index in [2.05, 4.69) is 21.7 Å². The Balaban J connectivity index is 1.47. The summed E-state index contributed by atoms with van der Waals surface area (Å²) in [6, 6.07) is 10.5. The second kappa shape index (κ2) is 10.7. The summed E-state index contributed by atoms with van der Waals surface area (Å²) in [5, 5.41) is 17.1. The van der Waals surface area contributed by atoms with Crippen LogP contribution in [0.4, 0.5) is 11.6 Å². The summed E-state index contributed by atoms with van der Waals surface area (Å²) in [7, 11) is 1.71. The Bertz CT molecular complexity index is 991. The predicted molar refractivity (Wildman–Crippen MR) is 129 cm³/mol. The molecule has 1 aliphatic carbocycles. The van der Waals surface area contributed by atoms with E-state index in [-0.39, 0.29) is 18.2 Å². The fourth-order valence-electron chi connectivity index (χ4n) is 4.51. The highest BCUT2D eigenvalue weighted by Gasteiger charge is 2.32. The van der Waals surface area contributed by atoms with E-state index in [1.165, 1.54) is 0 Å². The molecule has 0 amide bonds. The van der Waals surface area contributed by atoms with Crippen LogP contribution >= 0.6 is 11.6 Å². The number of nitrogens with one attached hydrogen (secondary N) is 2. The number of nitrogens with zero attached hydrogens (tertiary/aromatic N) is 3. The number of hydrogen-bond acceptors (Lipinski definition) is 8. The third-order valence-corrected chi connectivity index (χ3v) is 6.97. The zero-order valence-electron chi connectivity index (χ0n) is 18.9. The molecule has 0 bridgehead atoms. The first-order valence-corrected chi connectivity index (χ1v) is 11.8. The van der Waals surface area contributed by atoms with Gasteiger partial charge in [0.25, 0.3) is 0 Å². The minimum atomic E-state index is -0.427. The topological polar surface area (TPSA) is 118 Å². The molecule has 2 aromatic heterocycles. The fourth-order valence-corrected chi connectivity index (χ4v) is 4.71. The second-order valence-electron chi connectivity index (χ2n) is 8.91. The van der Waals surface area contributed by atoms with Crippen LogP contribution in [0.15, 0.2) is 30.5 Å². The molecular weight excluding hydrogens is 440 g/mol. The normalized spacial score (nSPS) is 24.6. The van der Waals surface area contributed by atoms with E-state index in [0.717, 1.165) is 49.2 Å². The molecule has 9 heteroatoms. The van der Waals surface area contributed by atoms with Crippen LogP contribution in [0.1, 0.15) is 32.1 Å². The molecule has 3 heterocycles. The van der Waals surface area contributed by atoms with Gasteiger partial charge in [0.05, 0.1) is 28.3 Å². The molecule has 2 aromatic rings. The molecule has 1 aliphatic heterocycles. The van der Waals surface area contributed by atoms with Gasteiger partial charge in [-0.25, -0.2) is 9.97 Å². The molecule has 2 fully saturated rings. The Morgan fingerprint density at radius 2 is 2.12 bits per heavy atom. The minimum Gasteiger partial charge on any atom is -0.381 e. The van der Waals surface area contributed by atoms with Crippen LogP contribution in [0.25, 0.3) is 11.3 Å². The van der Waals surface area contributed by atoms with Gasteiger partial charge in [-0.15, -0.1) is 0 Å². The average molecular weight is 471 g/mol. The van der Waals surface area contributed by atoms with Gasteiger partial charge < -0.3 is 25.8 Å². The standard InChI is InChI=1S/C24H31ClN6O2/c1-32-21-11-16(5-6-19(21)27)30-23-12-17(18(25)13-28-23)20-3-2-4-22(31-20)29-15-24(14-26)7-9-33-10-8-24/h2-4,12-13,16,19,21H,5-11,15,27H2,1H3,(H,28,30)(H,29,31)/t16-,19-,21+/m0/s1. The molecule has 33 heavy (non-hydrogen) atoms. The number of methoxy groups -OCH3 is 1. The van der Waals surface area contributed by atoms with Crippen molar-refractivity contribution in [2.24, 2.45) is 11.1 Å². The number of anilines is 2. The van der Waals surface area contributed by atoms with Crippen LogP contribution in [0.5, 0.6) is 0 Å². The minimum absolute atomic E-state index is 0.0416. The van der Waals surface area contributed by atoms with Crippen molar-refractivity contribution in [2.45, 2.75) is 50.3 Å². The lowest BCUT2D eigenvalue weighted by atomic mass is 9.82. The summed E-state index contributed by atoms with van der Waals surface area (Å²) in [5.41, 5.74) is 7.26. The van der Waals surface area contributed by atoms with Gasteiger partial charge in [0.2, 0.25) is 0 Å². The molecule has 0 unspecified atom stereocenters. The third-order valence-electron chi connectivity index (χ3n) is 6.67. The average Bonchev–Trinajstić information content (AvgIpc) is 2.86. The molecule has 1 saturated carbocycles. The molecule has 0 spiro atoms. The zero-order valence-corrected chi connectivity index (χ0v) is 19.6. The fraction of sp³-hybridized carbons (Fsp3) is 0.542. The molecule has 176 valence electrons. The number of aromatic nitrogens is 2. The summed E-state index contributed by atoms with van der Waals surface area (Å²) in [6.07, 6.45) is 5.83. The predicted octanol–water partition coefficient (Wildman–Crippen LogP) is 3.84. The monoisotopic (exact) mass is 470 g/mol. The van der Waals surface area contributed by atoms with Gasteiger partial charge in [0.1, 0.15) is 11.6 Å². The molecule has 2 aliphatic rings. The molecule has 0 aromatic carbocycles. The van der Waals surface area contributed by atoms with Crippen molar-refractivity contribution in [3.8, 4) is 17.3 Å². The van der Waals surface area contributed by atoms with Gasteiger partial charge in [-0.3, -0.25) is 0 Å². The highest BCUT2D eigenvalue weighted by molar-refractivity contribution is 6.33. The zero-order chi connectivity index (χ0) is 23.3. The number of halogens is 1. The summed E-state index contributed by atoms with van der Waals surface area (Å²) in [6.45, 7) is 1.76. The van der Waals surface area contributed by atoms with Crippen molar-refractivity contribution in [2.75, 3.05) is 37.5 Å². The lowest BCUT2D eigenvalue weighted by Crippen LogP contribution is -2.45. The first-order valence-electron chi connectivity index (χ1n) is 11.4. The lowest BCUT2D eigenvalue weighted by Gasteiger charge is -2.33. The number of hydrogen-bond donors (Lipinski definition) is 3. The molecular formula is C24H31ClN6O2. The molecule has 4 N–H and O–H groups in total. The number of ether oxygens (including phenoxy) is 2. The molecule has 8 nitrogen and oxygen atoms in total. The molecule has 4 rings (SSSR count). The van der Waals surface area contributed by atoms with E-state index in [4.69, 9.17) is 31.8 Å². The van der Waals surface area contributed by atoms with E-state index in [9.17, 15) is 5.26 Å². The lowest BCUT2D eigenvalue weighted by molar-refractivity contribution is 0.0455. The first kappa shape index (κ1) is 23.7. The van der Waals surface area contributed by atoms with Crippen LogP contribution in [-0.2, 0) is 9.47 Å². The number of pyridine rings is 2. The van der Waals surface area contributed by atoms with Gasteiger partial charge in [-0.05, 0) is 50.3 Å². The van der Waals surface area contributed by atoms with Crippen molar-refractivity contribution < 1.29 is 9.47 Å². The van der Waals surface area contributed by atoms with E-state index in [0.29, 0.717) is 30.6 Å². The van der Waals surface area contributed by atoms with E-state index >= 15 is 0 Å². The largest absolute Gasteiger partial charge is 0.381 e. The first-order chi connectivity index (χ1) is 16.0. The molecule has 1 saturated heterocycles.